The van der Waals surface area contributed by atoms with Crippen molar-refractivity contribution in [3.8, 4) is 5.69 Å². The second-order valence-corrected chi connectivity index (χ2v) is 8.30. The van der Waals surface area contributed by atoms with Crippen LogP contribution in [0.2, 0.25) is 0 Å². The summed E-state index contributed by atoms with van der Waals surface area (Å²) in [5.41, 5.74) is 9.15. The molecule has 0 atom stereocenters. The molecule has 0 unspecified atom stereocenters. The lowest BCUT2D eigenvalue weighted by molar-refractivity contribution is -0.129. The Morgan fingerprint density at radius 3 is 2.47 bits per heavy atom. The van der Waals surface area contributed by atoms with E-state index in [1.54, 1.807) is 6.21 Å². The number of rotatable bonds is 6. The van der Waals surface area contributed by atoms with Crippen molar-refractivity contribution in [1.82, 2.24) is 15.3 Å². The minimum absolute atomic E-state index is 0.199. The molecule has 1 aliphatic carbocycles. The maximum absolute atomic E-state index is 12.0. The van der Waals surface area contributed by atoms with Crippen LogP contribution < -0.4 is 10.7 Å². The van der Waals surface area contributed by atoms with E-state index in [9.17, 15) is 9.59 Å². The molecule has 0 bridgehead atoms. The fraction of sp³-hybridized carbons (Fsp3) is 0.458. The van der Waals surface area contributed by atoms with Crippen molar-refractivity contribution in [2.24, 2.45) is 5.10 Å². The van der Waals surface area contributed by atoms with E-state index < -0.39 is 5.91 Å². The lowest BCUT2D eigenvalue weighted by Gasteiger charge is -2.22. The van der Waals surface area contributed by atoms with Crippen molar-refractivity contribution in [2.75, 3.05) is 0 Å². The number of hydrazone groups is 1. The van der Waals surface area contributed by atoms with Crippen molar-refractivity contribution in [2.45, 2.75) is 72.3 Å². The molecule has 6 heteroatoms. The van der Waals surface area contributed by atoms with Gasteiger partial charge in [-0.25, -0.2) is 5.43 Å². The fourth-order valence-corrected chi connectivity index (χ4v) is 4.07. The van der Waals surface area contributed by atoms with E-state index in [2.05, 4.69) is 52.5 Å². The highest BCUT2D eigenvalue weighted by Crippen LogP contribution is 2.22. The van der Waals surface area contributed by atoms with Gasteiger partial charge in [0.15, 0.2) is 0 Å². The van der Waals surface area contributed by atoms with Gasteiger partial charge in [-0.15, -0.1) is 0 Å². The van der Waals surface area contributed by atoms with Crippen molar-refractivity contribution < 1.29 is 9.59 Å². The molecule has 2 amide bonds. The standard InChI is InChI=1S/C24H32N4O2/c1-16-10-11-22(12-17(16)2)28-18(3)13-20(19(28)4)15-25-27-24(30)14-23(29)26-21-8-6-5-7-9-21/h10-13,15,21H,5-9,14H2,1-4H3,(H,26,29)(H,27,30)/b25-15+. The van der Waals surface area contributed by atoms with Crippen LogP contribution in [0.4, 0.5) is 0 Å². The molecule has 1 heterocycles. The zero-order chi connectivity index (χ0) is 21.7. The number of amides is 2. The molecular formula is C24H32N4O2. The Morgan fingerprint density at radius 1 is 1.03 bits per heavy atom. The molecular weight excluding hydrogens is 376 g/mol. The average molecular weight is 409 g/mol. The van der Waals surface area contributed by atoms with Gasteiger partial charge in [-0.3, -0.25) is 9.59 Å². The average Bonchev–Trinajstić information content (AvgIpc) is 2.98. The molecule has 30 heavy (non-hydrogen) atoms. The lowest BCUT2D eigenvalue weighted by atomic mass is 9.95. The Morgan fingerprint density at radius 2 is 1.77 bits per heavy atom. The minimum Gasteiger partial charge on any atom is -0.353 e. The van der Waals surface area contributed by atoms with E-state index in [0.717, 1.165) is 48.3 Å². The zero-order valence-corrected chi connectivity index (χ0v) is 18.4. The molecule has 160 valence electrons. The fourth-order valence-electron chi connectivity index (χ4n) is 4.07. The van der Waals surface area contributed by atoms with Crippen LogP contribution in [0.1, 0.15) is 66.6 Å². The molecule has 6 nitrogen and oxygen atoms in total. The van der Waals surface area contributed by atoms with Crippen LogP contribution in [-0.4, -0.2) is 28.6 Å². The molecule has 1 fully saturated rings. The molecule has 0 aliphatic heterocycles. The van der Waals surface area contributed by atoms with Gasteiger partial charge in [-0.05, 0) is 69.9 Å². The number of nitrogens with zero attached hydrogens (tertiary/aromatic N) is 2. The first-order valence-corrected chi connectivity index (χ1v) is 10.7. The van der Waals surface area contributed by atoms with E-state index in [1.807, 2.05) is 19.9 Å². The molecule has 1 aliphatic rings. The summed E-state index contributed by atoms with van der Waals surface area (Å²) < 4.78 is 2.17. The molecule has 1 aromatic carbocycles. The molecule has 0 spiro atoms. The summed E-state index contributed by atoms with van der Waals surface area (Å²) >= 11 is 0. The van der Waals surface area contributed by atoms with Crippen molar-refractivity contribution >= 4 is 18.0 Å². The van der Waals surface area contributed by atoms with E-state index in [-0.39, 0.29) is 18.4 Å². The first kappa shape index (κ1) is 21.8. The third kappa shape index (κ3) is 5.38. The largest absolute Gasteiger partial charge is 0.353 e. The minimum atomic E-state index is -0.400. The van der Waals surface area contributed by atoms with E-state index in [4.69, 9.17) is 0 Å². The summed E-state index contributed by atoms with van der Waals surface area (Å²) in [5, 5.41) is 7.01. The predicted molar refractivity (Wildman–Crippen MR) is 120 cm³/mol. The monoisotopic (exact) mass is 408 g/mol. The van der Waals surface area contributed by atoms with Gasteiger partial charge in [0.25, 0.3) is 0 Å². The van der Waals surface area contributed by atoms with E-state index in [1.165, 1.54) is 17.5 Å². The molecule has 1 aromatic heterocycles. The summed E-state index contributed by atoms with van der Waals surface area (Å²) in [4.78, 5) is 24.1. The van der Waals surface area contributed by atoms with Crippen LogP contribution in [0, 0.1) is 27.7 Å². The highest BCUT2D eigenvalue weighted by Gasteiger charge is 2.17. The Bertz CT molecular complexity index is 952. The highest BCUT2D eigenvalue weighted by atomic mass is 16.2. The molecule has 2 N–H and O–H groups in total. The topological polar surface area (TPSA) is 75.5 Å². The maximum atomic E-state index is 12.0. The Balaban J connectivity index is 1.59. The van der Waals surface area contributed by atoms with Gasteiger partial charge < -0.3 is 9.88 Å². The summed E-state index contributed by atoms with van der Waals surface area (Å²) in [6.07, 6.45) is 6.95. The number of hydrogen-bond acceptors (Lipinski definition) is 3. The Hall–Kier alpha value is -2.89. The summed E-state index contributed by atoms with van der Waals surface area (Å²) in [5.74, 6) is -0.634. The predicted octanol–water partition coefficient (Wildman–Crippen LogP) is 4.00. The second-order valence-electron chi connectivity index (χ2n) is 8.30. The smallest absolute Gasteiger partial charge is 0.249 e. The van der Waals surface area contributed by atoms with Crippen LogP contribution in [-0.2, 0) is 9.59 Å². The van der Waals surface area contributed by atoms with E-state index in [0.29, 0.717) is 0 Å². The number of aryl methyl sites for hydroxylation is 3. The number of nitrogens with one attached hydrogen (secondary N) is 2. The molecule has 0 radical (unpaired) electrons. The number of benzene rings is 1. The molecule has 2 aromatic rings. The second kappa shape index (κ2) is 9.74. The molecule has 0 saturated heterocycles. The van der Waals surface area contributed by atoms with Crippen LogP contribution in [0.3, 0.4) is 0 Å². The van der Waals surface area contributed by atoms with Crippen LogP contribution in [0.5, 0.6) is 0 Å². The van der Waals surface area contributed by atoms with Gasteiger partial charge in [0.05, 0.1) is 6.21 Å². The summed E-state index contributed by atoms with van der Waals surface area (Å²) in [6, 6.07) is 8.64. The Kier molecular flexibility index (Phi) is 7.08. The summed E-state index contributed by atoms with van der Waals surface area (Å²) in [7, 11) is 0. The quantitative estimate of drug-likeness (QED) is 0.431. The first-order chi connectivity index (χ1) is 14.3. The van der Waals surface area contributed by atoms with E-state index >= 15 is 0 Å². The third-order valence-corrected chi connectivity index (χ3v) is 5.90. The number of aromatic nitrogens is 1. The van der Waals surface area contributed by atoms with Gasteiger partial charge in [0, 0.05) is 28.7 Å². The number of carbonyl (C=O) groups is 2. The van der Waals surface area contributed by atoms with Gasteiger partial charge in [0.2, 0.25) is 11.8 Å². The van der Waals surface area contributed by atoms with Crippen LogP contribution in [0.15, 0.2) is 29.4 Å². The lowest BCUT2D eigenvalue weighted by Crippen LogP contribution is -2.38. The van der Waals surface area contributed by atoms with Crippen molar-refractivity contribution in [1.29, 1.82) is 0 Å². The number of carbonyl (C=O) groups excluding carboxylic acids is 2. The normalized spacial score (nSPS) is 14.8. The van der Waals surface area contributed by atoms with Gasteiger partial charge in [-0.2, -0.15) is 5.10 Å². The SMILES string of the molecule is Cc1ccc(-n2c(C)cc(/C=N/NC(=O)CC(=O)NC3CCCCC3)c2C)cc1C. The van der Waals surface area contributed by atoms with Crippen LogP contribution in [0.25, 0.3) is 5.69 Å². The zero-order valence-electron chi connectivity index (χ0n) is 18.4. The van der Waals surface area contributed by atoms with Gasteiger partial charge >= 0.3 is 0 Å². The third-order valence-electron chi connectivity index (χ3n) is 5.90. The van der Waals surface area contributed by atoms with Crippen molar-refractivity contribution in [3.63, 3.8) is 0 Å². The molecule has 3 rings (SSSR count). The molecule has 1 saturated carbocycles. The van der Waals surface area contributed by atoms with Gasteiger partial charge in [0.1, 0.15) is 6.42 Å². The summed E-state index contributed by atoms with van der Waals surface area (Å²) in [6.45, 7) is 8.29. The van der Waals surface area contributed by atoms with Crippen molar-refractivity contribution in [3.05, 3.63) is 52.3 Å². The highest BCUT2D eigenvalue weighted by molar-refractivity contribution is 5.97. The van der Waals surface area contributed by atoms with Gasteiger partial charge in [-0.1, -0.05) is 25.3 Å². The maximum Gasteiger partial charge on any atom is 0.249 e. The first-order valence-electron chi connectivity index (χ1n) is 10.7. The Labute approximate surface area is 178 Å². The number of hydrogen-bond donors (Lipinski definition) is 2. The van der Waals surface area contributed by atoms with Crippen LogP contribution >= 0.6 is 0 Å².